The largest absolute Gasteiger partial charge is 0.481 e. The number of carbonyl (C=O) groups is 1. The van der Waals surface area contributed by atoms with Crippen molar-refractivity contribution < 1.29 is 9.53 Å². The van der Waals surface area contributed by atoms with Gasteiger partial charge in [-0.1, -0.05) is 41.4 Å². The summed E-state index contributed by atoms with van der Waals surface area (Å²) in [5.41, 5.74) is 3.41. The number of benzene rings is 2. The lowest BCUT2D eigenvalue weighted by atomic mass is 10.1. The molecule has 25 heavy (non-hydrogen) atoms. The SMILES string of the molecule is Cc1ccc(O[C@@H](C)C(=O)NCCSCc2cccc(Cl)c2)c(C)c1. The van der Waals surface area contributed by atoms with E-state index in [-0.39, 0.29) is 5.91 Å². The predicted octanol–water partition coefficient (Wildman–Crippen LogP) is 4.77. The number of nitrogens with one attached hydrogen (secondary N) is 1. The molecule has 0 saturated carbocycles. The molecule has 0 aliphatic heterocycles. The van der Waals surface area contributed by atoms with E-state index >= 15 is 0 Å². The minimum Gasteiger partial charge on any atom is -0.481 e. The first-order valence-electron chi connectivity index (χ1n) is 8.29. The Hall–Kier alpha value is -1.65. The van der Waals surface area contributed by atoms with E-state index in [2.05, 4.69) is 11.4 Å². The maximum absolute atomic E-state index is 12.1. The van der Waals surface area contributed by atoms with Gasteiger partial charge in [0.2, 0.25) is 0 Å². The third-order valence-corrected chi connectivity index (χ3v) is 4.97. The van der Waals surface area contributed by atoms with E-state index in [0.717, 1.165) is 27.8 Å². The zero-order chi connectivity index (χ0) is 18.2. The number of hydrogen-bond donors (Lipinski definition) is 1. The minimum absolute atomic E-state index is 0.0941. The lowest BCUT2D eigenvalue weighted by Crippen LogP contribution is -2.37. The summed E-state index contributed by atoms with van der Waals surface area (Å²) in [6.45, 7) is 6.41. The molecule has 0 bridgehead atoms. The van der Waals surface area contributed by atoms with Crippen molar-refractivity contribution in [3.05, 3.63) is 64.2 Å². The number of amides is 1. The van der Waals surface area contributed by atoms with Gasteiger partial charge in [0.05, 0.1) is 0 Å². The molecule has 5 heteroatoms. The summed E-state index contributed by atoms with van der Waals surface area (Å²) in [5.74, 6) is 2.38. The molecule has 0 fully saturated rings. The Morgan fingerprint density at radius 1 is 1.24 bits per heavy atom. The van der Waals surface area contributed by atoms with Gasteiger partial charge in [-0.2, -0.15) is 11.8 Å². The molecule has 2 rings (SSSR count). The molecule has 3 nitrogen and oxygen atoms in total. The Labute approximate surface area is 159 Å². The summed E-state index contributed by atoms with van der Waals surface area (Å²) in [4.78, 5) is 12.1. The summed E-state index contributed by atoms with van der Waals surface area (Å²) in [7, 11) is 0. The van der Waals surface area contributed by atoms with Crippen molar-refractivity contribution >= 4 is 29.3 Å². The fourth-order valence-corrected chi connectivity index (χ4v) is 3.40. The number of ether oxygens (including phenoxy) is 1. The Bertz CT molecular complexity index is 721. The number of carbonyl (C=O) groups excluding carboxylic acids is 1. The first-order valence-corrected chi connectivity index (χ1v) is 9.83. The number of thioether (sulfide) groups is 1. The molecule has 2 aromatic rings. The van der Waals surface area contributed by atoms with Crippen LogP contribution in [0.2, 0.25) is 5.02 Å². The molecule has 134 valence electrons. The summed E-state index contributed by atoms with van der Waals surface area (Å²) in [6, 6.07) is 13.8. The number of halogens is 1. The average Bonchev–Trinajstić information content (AvgIpc) is 2.57. The topological polar surface area (TPSA) is 38.3 Å². The van der Waals surface area contributed by atoms with Crippen LogP contribution >= 0.6 is 23.4 Å². The lowest BCUT2D eigenvalue weighted by Gasteiger charge is -2.16. The highest BCUT2D eigenvalue weighted by atomic mass is 35.5. The van der Waals surface area contributed by atoms with Gasteiger partial charge in [-0.15, -0.1) is 0 Å². The molecular formula is C20H24ClNO2S. The normalized spacial score (nSPS) is 11.8. The molecule has 0 spiro atoms. The Kier molecular flexibility index (Phi) is 7.66. The van der Waals surface area contributed by atoms with Crippen LogP contribution in [0.15, 0.2) is 42.5 Å². The second-order valence-electron chi connectivity index (χ2n) is 6.00. The van der Waals surface area contributed by atoms with Crippen molar-refractivity contribution in [2.24, 2.45) is 0 Å². The number of hydrogen-bond acceptors (Lipinski definition) is 3. The van der Waals surface area contributed by atoms with Crippen LogP contribution in [-0.2, 0) is 10.5 Å². The van der Waals surface area contributed by atoms with Crippen LogP contribution in [0, 0.1) is 13.8 Å². The third kappa shape index (κ3) is 6.63. The highest BCUT2D eigenvalue weighted by Gasteiger charge is 2.15. The average molecular weight is 378 g/mol. The molecule has 2 aromatic carbocycles. The Balaban J connectivity index is 1.69. The smallest absolute Gasteiger partial charge is 0.260 e. The van der Waals surface area contributed by atoms with Gasteiger partial charge >= 0.3 is 0 Å². The number of aryl methyl sites for hydroxylation is 2. The maximum Gasteiger partial charge on any atom is 0.260 e. The van der Waals surface area contributed by atoms with Crippen LogP contribution in [0.1, 0.15) is 23.6 Å². The second-order valence-corrected chi connectivity index (χ2v) is 7.54. The summed E-state index contributed by atoms with van der Waals surface area (Å²) in [5, 5.41) is 3.67. The van der Waals surface area contributed by atoms with E-state index in [9.17, 15) is 4.79 Å². The van der Waals surface area contributed by atoms with Crippen LogP contribution in [-0.4, -0.2) is 24.3 Å². The minimum atomic E-state index is -0.515. The van der Waals surface area contributed by atoms with Crippen molar-refractivity contribution in [2.75, 3.05) is 12.3 Å². The van der Waals surface area contributed by atoms with E-state index in [0.29, 0.717) is 6.54 Å². The van der Waals surface area contributed by atoms with Crippen molar-refractivity contribution in [3.8, 4) is 5.75 Å². The fourth-order valence-electron chi connectivity index (χ4n) is 2.38. The quantitative estimate of drug-likeness (QED) is 0.673. The van der Waals surface area contributed by atoms with E-state index in [1.54, 1.807) is 18.7 Å². The molecule has 0 aliphatic rings. The summed E-state index contributed by atoms with van der Waals surface area (Å²) < 4.78 is 5.77. The van der Waals surface area contributed by atoms with Gasteiger partial charge in [0.15, 0.2) is 6.10 Å². The van der Waals surface area contributed by atoms with Gasteiger partial charge in [0.25, 0.3) is 5.91 Å². The summed E-state index contributed by atoms with van der Waals surface area (Å²) in [6.07, 6.45) is -0.515. The molecule has 1 atom stereocenters. The zero-order valence-corrected chi connectivity index (χ0v) is 16.4. The first kappa shape index (κ1) is 19.7. The molecule has 0 aromatic heterocycles. The lowest BCUT2D eigenvalue weighted by molar-refractivity contribution is -0.127. The predicted molar refractivity (Wildman–Crippen MR) is 107 cm³/mol. The van der Waals surface area contributed by atoms with Gasteiger partial charge in [-0.3, -0.25) is 4.79 Å². The third-order valence-electron chi connectivity index (χ3n) is 3.71. The van der Waals surface area contributed by atoms with Gasteiger partial charge in [0, 0.05) is 23.1 Å². The van der Waals surface area contributed by atoms with Crippen LogP contribution < -0.4 is 10.1 Å². The van der Waals surface area contributed by atoms with Crippen LogP contribution in [0.4, 0.5) is 0 Å². The fraction of sp³-hybridized carbons (Fsp3) is 0.350. The zero-order valence-electron chi connectivity index (χ0n) is 14.8. The molecule has 0 saturated heterocycles. The van der Waals surface area contributed by atoms with Crippen molar-refractivity contribution in [1.82, 2.24) is 5.32 Å². The van der Waals surface area contributed by atoms with Crippen LogP contribution in [0.5, 0.6) is 5.75 Å². The van der Waals surface area contributed by atoms with Gasteiger partial charge in [-0.05, 0) is 50.1 Å². The first-order chi connectivity index (χ1) is 12.0. The van der Waals surface area contributed by atoms with E-state index in [4.69, 9.17) is 16.3 Å². The van der Waals surface area contributed by atoms with Crippen molar-refractivity contribution in [2.45, 2.75) is 32.6 Å². The molecule has 1 amide bonds. The molecule has 0 heterocycles. The van der Waals surface area contributed by atoms with E-state index in [1.807, 2.05) is 50.2 Å². The molecule has 0 aliphatic carbocycles. The van der Waals surface area contributed by atoms with E-state index in [1.165, 1.54) is 11.1 Å². The number of rotatable bonds is 8. The van der Waals surface area contributed by atoms with Crippen molar-refractivity contribution in [3.63, 3.8) is 0 Å². The highest BCUT2D eigenvalue weighted by molar-refractivity contribution is 7.98. The highest BCUT2D eigenvalue weighted by Crippen LogP contribution is 2.20. The Morgan fingerprint density at radius 2 is 2.04 bits per heavy atom. The van der Waals surface area contributed by atoms with E-state index < -0.39 is 6.10 Å². The molecule has 0 radical (unpaired) electrons. The molecule has 0 unspecified atom stereocenters. The van der Waals surface area contributed by atoms with Crippen LogP contribution in [0.3, 0.4) is 0 Å². The summed E-state index contributed by atoms with van der Waals surface area (Å²) >= 11 is 7.73. The standard InChI is InChI=1S/C20H24ClNO2S/c1-14-7-8-19(15(2)11-14)24-16(3)20(23)22-9-10-25-13-17-5-4-6-18(21)12-17/h4-8,11-12,16H,9-10,13H2,1-3H3,(H,22,23)/t16-/m0/s1. The second kappa shape index (κ2) is 9.73. The van der Waals surface area contributed by atoms with Gasteiger partial charge < -0.3 is 10.1 Å². The maximum atomic E-state index is 12.1. The monoisotopic (exact) mass is 377 g/mol. The van der Waals surface area contributed by atoms with Crippen molar-refractivity contribution in [1.29, 1.82) is 0 Å². The molecule has 1 N–H and O–H groups in total. The van der Waals surface area contributed by atoms with Crippen LogP contribution in [0.25, 0.3) is 0 Å². The Morgan fingerprint density at radius 3 is 2.76 bits per heavy atom. The van der Waals surface area contributed by atoms with Gasteiger partial charge in [-0.25, -0.2) is 0 Å². The van der Waals surface area contributed by atoms with Gasteiger partial charge in [0.1, 0.15) is 5.75 Å². The molecular weight excluding hydrogens is 354 g/mol.